The van der Waals surface area contributed by atoms with E-state index >= 15 is 0 Å². The Balaban J connectivity index is 1.41. The van der Waals surface area contributed by atoms with Gasteiger partial charge in [-0.2, -0.15) is 0 Å². The minimum Gasteiger partial charge on any atom is -0.353 e. The molecule has 3 aliphatic rings. The van der Waals surface area contributed by atoms with Crippen molar-refractivity contribution in [2.24, 2.45) is 4.99 Å². The van der Waals surface area contributed by atoms with Crippen molar-refractivity contribution in [3.05, 3.63) is 0 Å². The lowest BCUT2D eigenvalue weighted by Crippen LogP contribution is -2.50. The van der Waals surface area contributed by atoms with E-state index in [0.717, 1.165) is 12.8 Å². The summed E-state index contributed by atoms with van der Waals surface area (Å²) in [7, 11) is 0. The minimum atomic E-state index is -0.176. The van der Waals surface area contributed by atoms with Gasteiger partial charge < -0.3 is 15.5 Å². The molecular formula is C15H22N4O3S. The summed E-state index contributed by atoms with van der Waals surface area (Å²) in [5.74, 6) is -0.470. The first-order chi connectivity index (χ1) is 11.1. The number of nitrogens with zero attached hydrogens (tertiary/aromatic N) is 2. The molecule has 1 saturated carbocycles. The molecule has 2 aliphatic heterocycles. The molecule has 0 aromatic rings. The van der Waals surface area contributed by atoms with E-state index in [9.17, 15) is 14.4 Å². The summed E-state index contributed by atoms with van der Waals surface area (Å²) in [6.07, 6.45) is 4.98. The van der Waals surface area contributed by atoms with Gasteiger partial charge in [0.05, 0.1) is 12.6 Å². The Hall–Kier alpha value is -1.57. The number of fused-ring (bicyclic) bond motifs is 1. The van der Waals surface area contributed by atoms with E-state index in [-0.39, 0.29) is 37.1 Å². The van der Waals surface area contributed by atoms with Crippen molar-refractivity contribution in [3.8, 4) is 0 Å². The van der Waals surface area contributed by atoms with Gasteiger partial charge in [0, 0.05) is 31.2 Å². The highest BCUT2D eigenvalue weighted by Crippen LogP contribution is 2.36. The molecule has 0 unspecified atom stereocenters. The molecule has 0 radical (unpaired) electrons. The third kappa shape index (κ3) is 4.25. The average Bonchev–Trinajstić information content (AvgIpc) is 2.94. The molecule has 1 saturated heterocycles. The van der Waals surface area contributed by atoms with Crippen LogP contribution >= 0.6 is 11.8 Å². The standard InChI is InChI=1S/C15H22N4O3S/c20-12(5-6-14(22)19-8-7-16-13(21)9-19)18-15-17-10-3-1-2-4-11(10)23-15/h10-11H,1-9H2,(H,16,21)(H,17,18,20)/t10-,11-/m0/s1. The highest BCUT2D eigenvalue weighted by Gasteiger charge is 2.32. The van der Waals surface area contributed by atoms with Crippen molar-refractivity contribution in [3.63, 3.8) is 0 Å². The summed E-state index contributed by atoms with van der Waals surface area (Å²) >= 11 is 1.66. The molecule has 0 bridgehead atoms. The SMILES string of the molecule is O=C1CN(C(=O)CCC(=O)NC2=N[C@H]3CCCC[C@@H]3S2)CCN1. The van der Waals surface area contributed by atoms with Gasteiger partial charge in [0.15, 0.2) is 5.17 Å². The van der Waals surface area contributed by atoms with E-state index in [1.165, 1.54) is 17.7 Å². The molecular weight excluding hydrogens is 316 g/mol. The molecule has 2 heterocycles. The number of aliphatic imine (C=N–C) groups is 1. The number of carbonyl (C=O) groups is 3. The van der Waals surface area contributed by atoms with Crippen molar-refractivity contribution in [1.29, 1.82) is 0 Å². The first-order valence-corrected chi connectivity index (χ1v) is 9.08. The Labute approximate surface area is 139 Å². The van der Waals surface area contributed by atoms with Crippen LogP contribution in [0.5, 0.6) is 0 Å². The lowest BCUT2D eigenvalue weighted by Gasteiger charge is -2.26. The van der Waals surface area contributed by atoms with Gasteiger partial charge in [-0.3, -0.25) is 19.4 Å². The number of amides is 3. The maximum atomic E-state index is 12.0. The molecule has 0 aromatic carbocycles. The molecule has 126 valence electrons. The first-order valence-electron chi connectivity index (χ1n) is 8.20. The Kier molecular flexibility index (Phi) is 5.20. The second kappa shape index (κ2) is 7.33. The zero-order chi connectivity index (χ0) is 16.2. The molecule has 3 amide bonds. The number of hydrogen-bond donors (Lipinski definition) is 2. The molecule has 1 aliphatic carbocycles. The Morgan fingerprint density at radius 2 is 2.13 bits per heavy atom. The van der Waals surface area contributed by atoms with E-state index in [1.807, 2.05) is 0 Å². The van der Waals surface area contributed by atoms with Gasteiger partial charge in [0.25, 0.3) is 0 Å². The van der Waals surface area contributed by atoms with Crippen molar-refractivity contribution in [2.75, 3.05) is 19.6 Å². The number of amidine groups is 1. The Morgan fingerprint density at radius 1 is 1.30 bits per heavy atom. The van der Waals surface area contributed by atoms with Gasteiger partial charge in [0.1, 0.15) is 0 Å². The summed E-state index contributed by atoms with van der Waals surface area (Å²) in [4.78, 5) is 41.4. The molecule has 8 heteroatoms. The van der Waals surface area contributed by atoms with E-state index in [4.69, 9.17) is 0 Å². The number of rotatable bonds is 3. The molecule has 0 aromatic heterocycles. The van der Waals surface area contributed by atoms with Crippen LogP contribution in [-0.2, 0) is 14.4 Å². The van der Waals surface area contributed by atoms with Gasteiger partial charge >= 0.3 is 0 Å². The zero-order valence-corrected chi connectivity index (χ0v) is 13.9. The molecule has 3 rings (SSSR count). The smallest absolute Gasteiger partial charge is 0.239 e. The zero-order valence-electron chi connectivity index (χ0n) is 13.0. The fourth-order valence-electron chi connectivity index (χ4n) is 3.16. The predicted octanol–water partition coefficient (Wildman–Crippen LogP) is 0.255. The van der Waals surface area contributed by atoms with Crippen LogP contribution in [0.15, 0.2) is 4.99 Å². The lowest BCUT2D eigenvalue weighted by atomic mass is 9.96. The molecule has 7 nitrogen and oxygen atoms in total. The normalized spacial score (nSPS) is 27.0. The quantitative estimate of drug-likeness (QED) is 0.772. The van der Waals surface area contributed by atoms with Crippen LogP contribution in [0.2, 0.25) is 0 Å². The number of hydrogen-bond acceptors (Lipinski definition) is 5. The monoisotopic (exact) mass is 338 g/mol. The summed E-state index contributed by atoms with van der Waals surface area (Å²) in [5.41, 5.74) is 0. The lowest BCUT2D eigenvalue weighted by molar-refractivity contribution is -0.139. The van der Waals surface area contributed by atoms with Gasteiger partial charge in [-0.25, -0.2) is 0 Å². The minimum absolute atomic E-state index is 0.0897. The second-order valence-corrected chi connectivity index (χ2v) is 7.38. The fraction of sp³-hybridized carbons (Fsp3) is 0.733. The third-order valence-corrected chi connectivity index (χ3v) is 5.70. The van der Waals surface area contributed by atoms with E-state index < -0.39 is 0 Å². The van der Waals surface area contributed by atoms with Gasteiger partial charge in [-0.1, -0.05) is 24.6 Å². The van der Waals surface area contributed by atoms with Crippen LogP contribution in [0.3, 0.4) is 0 Å². The summed E-state index contributed by atoms with van der Waals surface area (Å²) in [6, 6.07) is 0.345. The first kappa shape index (κ1) is 16.3. The molecule has 2 atom stereocenters. The Bertz CT molecular complexity index is 537. The average molecular weight is 338 g/mol. The molecule has 0 spiro atoms. The number of nitrogens with one attached hydrogen (secondary N) is 2. The van der Waals surface area contributed by atoms with Crippen LogP contribution in [0, 0.1) is 0 Å². The summed E-state index contributed by atoms with van der Waals surface area (Å²) < 4.78 is 0. The highest BCUT2D eigenvalue weighted by atomic mass is 32.2. The molecule has 2 fully saturated rings. The van der Waals surface area contributed by atoms with Gasteiger partial charge in [-0.05, 0) is 12.8 Å². The van der Waals surface area contributed by atoms with Crippen molar-refractivity contribution in [2.45, 2.75) is 49.8 Å². The van der Waals surface area contributed by atoms with Crippen LogP contribution < -0.4 is 10.6 Å². The highest BCUT2D eigenvalue weighted by molar-refractivity contribution is 8.14. The van der Waals surface area contributed by atoms with Gasteiger partial charge in [0.2, 0.25) is 17.7 Å². The van der Waals surface area contributed by atoms with E-state index in [0.29, 0.717) is 29.5 Å². The number of carbonyl (C=O) groups excluding carboxylic acids is 3. The summed E-state index contributed by atoms with van der Waals surface area (Å²) in [6.45, 7) is 1.08. The van der Waals surface area contributed by atoms with Crippen LogP contribution in [0.25, 0.3) is 0 Å². The molecule has 23 heavy (non-hydrogen) atoms. The second-order valence-electron chi connectivity index (χ2n) is 6.16. The number of thioether (sulfide) groups is 1. The molecule has 2 N–H and O–H groups in total. The van der Waals surface area contributed by atoms with Crippen LogP contribution in [0.4, 0.5) is 0 Å². The summed E-state index contributed by atoms with van der Waals surface area (Å²) in [5, 5.41) is 6.71. The fourth-order valence-corrected chi connectivity index (χ4v) is 4.45. The van der Waals surface area contributed by atoms with Crippen molar-refractivity contribution < 1.29 is 14.4 Å². The maximum Gasteiger partial charge on any atom is 0.239 e. The van der Waals surface area contributed by atoms with Crippen LogP contribution in [-0.4, -0.2) is 58.7 Å². The van der Waals surface area contributed by atoms with Gasteiger partial charge in [-0.15, -0.1) is 0 Å². The van der Waals surface area contributed by atoms with Crippen LogP contribution in [0.1, 0.15) is 38.5 Å². The van der Waals surface area contributed by atoms with Crippen molar-refractivity contribution >= 4 is 34.7 Å². The maximum absolute atomic E-state index is 12.0. The van der Waals surface area contributed by atoms with Crippen molar-refractivity contribution in [1.82, 2.24) is 15.5 Å². The largest absolute Gasteiger partial charge is 0.353 e. The van der Waals surface area contributed by atoms with E-state index in [1.54, 1.807) is 11.8 Å². The van der Waals surface area contributed by atoms with E-state index in [2.05, 4.69) is 15.6 Å². The topological polar surface area (TPSA) is 90.9 Å². The third-order valence-electron chi connectivity index (χ3n) is 4.42. The Morgan fingerprint density at radius 3 is 2.91 bits per heavy atom. The predicted molar refractivity (Wildman–Crippen MR) is 88.0 cm³/mol. The number of piperazine rings is 1.